The van der Waals surface area contributed by atoms with Gasteiger partial charge in [0.25, 0.3) is 0 Å². The van der Waals surface area contributed by atoms with Gasteiger partial charge in [-0.25, -0.2) is 12.7 Å². The maximum absolute atomic E-state index is 12.2. The summed E-state index contributed by atoms with van der Waals surface area (Å²) in [6.45, 7) is 1.40. The van der Waals surface area contributed by atoms with Gasteiger partial charge >= 0.3 is 0 Å². The second-order valence-electron chi connectivity index (χ2n) is 7.36. The smallest absolute Gasteiger partial charge is 0.216 e. The van der Waals surface area contributed by atoms with Crippen LogP contribution < -0.4 is 5.32 Å². The first kappa shape index (κ1) is 15.6. The molecule has 1 aromatic carbocycles. The van der Waals surface area contributed by atoms with E-state index in [1.54, 1.807) is 4.31 Å². The van der Waals surface area contributed by atoms with Crippen molar-refractivity contribution in [2.24, 2.45) is 0 Å². The van der Waals surface area contributed by atoms with Crippen LogP contribution in [0.3, 0.4) is 0 Å². The molecule has 0 amide bonds. The summed E-state index contributed by atoms with van der Waals surface area (Å²) < 4.78 is 26.2. The van der Waals surface area contributed by atoms with E-state index in [1.165, 1.54) is 18.4 Å². The van der Waals surface area contributed by atoms with Crippen LogP contribution in [0.15, 0.2) is 30.3 Å². The van der Waals surface area contributed by atoms with Gasteiger partial charge in [-0.15, -0.1) is 0 Å². The third kappa shape index (κ3) is 3.32. The Morgan fingerprint density at radius 3 is 2.17 bits per heavy atom. The lowest BCUT2D eigenvalue weighted by atomic mass is 9.75. The molecule has 4 rings (SSSR count). The van der Waals surface area contributed by atoms with Crippen LogP contribution in [0.25, 0.3) is 0 Å². The summed E-state index contributed by atoms with van der Waals surface area (Å²) in [5, 5.41) is 3.69. The topological polar surface area (TPSA) is 49.4 Å². The zero-order chi connectivity index (χ0) is 15.9. The molecule has 1 aromatic rings. The molecule has 4 nitrogen and oxygen atoms in total. The first-order valence-electron chi connectivity index (χ1n) is 8.93. The Morgan fingerprint density at radius 2 is 1.57 bits per heavy atom. The summed E-state index contributed by atoms with van der Waals surface area (Å²) in [7, 11) is -2.97. The molecule has 0 atom stereocenters. The summed E-state index contributed by atoms with van der Waals surface area (Å²) >= 11 is 0. The van der Waals surface area contributed by atoms with Crippen LogP contribution in [0.4, 0.5) is 0 Å². The van der Waals surface area contributed by atoms with Crippen LogP contribution in [0, 0.1) is 0 Å². The Hall–Kier alpha value is -0.910. The molecule has 3 fully saturated rings. The molecule has 1 N–H and O–H groups in total. The van der Waals surface area contributed by atoms with Gasteiger partial charge in [-0.1, -0.05) is 30.3 Å². The molecule has 3 aliphatic rings. The van der Waals surface area contributed by atoms with Crippen LogP contribution >= 0.6 is 0 Å². The predicted octanol–water partition coefficient (Wildman–Crippen LogP) is 2.48. The van der Waals surface area contributed by atoms with E-state index in [2.05, 4.69) is 35.6 Å². The number of nitrogens with zero attached hydrogens (tertiary/aromatic N) is 1. The lowest BCUT2D eigenvalue weighted by molar-refractivity contribution is 0.218. The van der Waals surface area contributed by atoms with Crippen molar-refractivity contribution in [3.63, 3.8) is 0 Å². The Labute approximate surface area is 139 Å². The zero-order valence-corrected chi connectivity index (χ0v) is 14.3. The van der Waals surface area contributed by atoms with Gasteiger partial charge in [-0.3, -0.25) is 0 Å². The van der Waals surface area contributed by atoms with E-state index in [-0.39, 0.29) is 5.25 Å². The van der Waals surface area contributed by atoms with E-state index >= 15 is 0 Å². The summed E-state index contributed by atoms with van der Waals surface area (Å²) in [5.41, 5.74) is 1.45. The molecule has 126 valence electrons. The van der Waals surface area contributed by atoms with Gasteiger partial charge in [0, 0.05) is 25.2 Å². The first-order chi connectivity index (χ1) is 11.1. The standard InChI is InChI=1S/C18H26N2O2S/c21-23(22,18-6-7-18)20-10-8-16(9-11-20)19-17-12-15(13-17)14-4-2-1-3-5-14/h1-5,15-19H,6-13H2. The SMILES string of the molecule is O=S(=O)(C1CC1)N1CCC(NC2CC(c3ccccc3)C2)CC1. The lowest BCUT2D eigenvalue weighted by Crippen LogP contribution is -2.51. The van der Waals surface area contributed by atoms with E-state index in [9.17, 15) is 8.42 Å². The fourth-order valence-corrected chi connectivity index (χ4v) is 5.81. The van der Waals surface area contributed by atoms with Crippen LogP contribution in [0.2, 0.25) is 0 Å². The van der Waals surface area contributed by atoms with E-state index in [0.29, 0.717) is 31.1 Å². The molecule has 1 aliphatic heterocycles. The van der Waals surface area contributed by atoms with E-state index in [4.69, 9.17) is 0 Å². The van der Waals surface area contributed by atoms with Gasteiger partial charge < -0.3 is 5.32 Å². The molecule has 0 radical (unpaired) electrons. The average molecular weight is 334 g/mol. The first-order valence-corrected chi connectivity index (χ1v) is 10.4. The number of nitrogens with one attached hydrogen (secondary N) is 1. The van der Waals surface area contributed by atoms with E-state index in [1.807, 2.05) is 0 Å². The third-order valence-electron chi connectivity index (χ3n) is 5.64. The molecule has 0 bridgehead atoms. The Balaban J connectivity index is 1.22. The lowest BCUT2D eigenvalue weighted by Gasteiger charge is -2.41. The number of rotatable bonds is 5. The van der Waals surface area contributed by atoms with E-state index in [0.717, 1.165) is 25.7 Å². The molecule has 0 spiro atoms. The van der Waals surface area contributed by atoms with Crippen LogP contribution in [0.1, 0.15) is 50.0 Å². The molecule has 1 heterocycles. The maximum atomic E-state index is 12.2. The van der Waals surface area contributed by atoms with Gasteiger partial charge in [-0.05, 0) is 50.0 Å². The van der Waals surface area contributed by atoms with Crippen molar-refractivity contribution in [1.82, 2.24) is 9.62 Å². The van der Waals surface area contributed by atoms with Crippen molar-refractivity contribution < 1.29 is 8.42 Å². The summed E-state index contributed by atoms with van der Waals surface area (Å²) in [4.78, 5) is 0. The molecule has 0 aromatic heterocycles. The minimum atomic E-state index is -2.97. The van der Waals surface area contributed by atoms with Crippen molar-refractivity contribution >= 4 is 10.0 Å². The number of sulfonamides is 1. The highest BCUT2D eigenvalue weighted by atomic mass is 32.2. The highest BCUT2D eigenvalue weighted by Gasteiger charge is 2.41. The van der Waals surface area contributed by atoms with Gasteiger partial charge in [-0.2, -0.15) is 0 Å². The van der Waals surface area contributed by atoms with Crippen LogP contribution in [-0.2, 0) is 10.0 Å². The second kappa shape index (κ2) is 6.19. The molecule has 23 heavy (non-hydrogen) atoms. The van der Waals surface area contributed by atoms with Crippen molar-refractivity contribution in [3.8, 4) is 0 Å². The van der Waals surface area contributed by atoms with Gasteiger partial charge in [0.05, 0.1) is 5.25 Å². The van der Waals surface area contributed by atoms with Crippen molar-refractivity contribution in [2.45, 2.75) is 61.8 Å². The number of hydrogen-bond donors (Lipinski definition) is 1. The summed E-state index contributed by atoms with van der Waals surface area (Å²) in [6, 6.07) is 11.9. The van der Waals surface area contributed by atoms with Crippen LogP contribution in [-0.4, -0.2) is 43.1 Å². The molecule has 0 unspecified atom stereocenters. The minimum Gasteiger partial charge on any atom is -0.311 e. The molecular formula is C18H26N2O2S. The molecular weight excluding hydrogens is 308 g/mol. The monoisotopic (exact) mass is 334 g/mol. The maximum Gasteiger partial charge on any atom is 0.216 e. The Bertz CT molecular complexity index is 628. The van der Waals surface area contributed by atoms with Crippen molar-refractivity contribution in [3.05, 3.63) is 35.9 Å². The number of benzene rings is 1. The fraction of sp³-hybridized carbons (Fsp3) is 0.667. The molecule has 5 heteroatoms. The van der Waals surface area contributed by atoms with Gasteiger partial charge in [0.15, 0.2) is 0 Å². The fourth-order valence-electron chi connectivity index (χ4n) is 3.94. The third-order valence-corrected chi connectivity index (χ3v) is 8.04. The summed E-state index contributed by atoms with van der Waals surface area (Å²) in [6.07, 6.45) is 6.07. The number of hydrogen-bond acceptors (Lipinski definition) is 3. The minimum absolute atomic E-state index is 0.0646. The predicted molar refractivity (Wildman–Crippen MR) is 91.9 cm³/mol. The molecule has 2 saturated carbocycles. The highest BCUT2D eigenvalue weighted by Crippen LogP contribution is 2.37. The molecule has 2 aliphatic carbocycles. The zero-order valence-electron chi connectivity index (χ0n) is 13.5. The van der Waals surface area contributed by atoms with Gasteiger partial charge in [0.2, 0.25) is 10.0 Å². The highest BCUT2D eigenvalue weighted by molar-refractivity contribution is 7.90. The molecule has 1 saturated heterocycles. The normalized spacial score (nSPS) is 30.1. The van der Waals surface area contributed by atoms with Gasteiger partial charge in [0.1, 0.15) is 0 Å². The van der Waals surface area contributed by atoms with Crippen LogP contribution in [0.5, 0.6) is 0 Å². The second-order valence-corrected chi connectivity index (χ2v) is 9.57. The van der Waals surface area contributed by atoms with E-state index < -0.39 is 10.0 Å². The average Bonchev–Trinajstić information content (AvgIpc) is 3.37. The Kier molecular flexibility index (Phi) is 4.20. The summed E-state index contributed by atoms with van der Waals surface area (Å²) in [5.74, 6) is 0.698. The number of piperidine rings is 1. The largest absolute Gasteiger partial charge is 0.311 e. The quantitative estimate of drug-likeness (QED) is 0.900. The Morgan fingerprint density at radius 1 is 0.913 bits per heavy atom. The van der Waals surface area contributed by atoms with Crippen molar-refractivity contribution in [1.29, 1.82) is 0 Å². The van der Waals surface area contributed by atoms with Crippen molar-refractivity contribution in [2.75, 3.05) is 13.1 Å².